The Morgan fingerprint density at radius 3 is 3.00 bits per heavy atom. The fourth-order valence-corrected chi connectivity index (χ4v) is 3.28. The van der Waals surface area contributed by atoms with Gasteiger partial charge in [-0.05, 0) is 23.8 Å². The second-order valence-electron chi connectivity index (χ2n) is 2.82. The molecule has 70 valence electrons. The molecule has 2 nitrogen and oxygen atoms in total. The van der Waals surface area contributed by atoms with Crippen molar-refractivity contribution in [3.63, 3.8) is 0 Å². The van der Waals surface area contributed by atoms with Gasteiger partial charge in [-0.25, -0.2) is 0 Å². The normalized spacial score (nSPS) is 10.3. The molecule has 0 saturated carbocycles. The average Bonchev–Trinajstić information content (AvgIpc) is 2.65. The summed E-state index contributed by atoms with van der Waals surface area (Å²) in [7, 11) is 0. The Hall–Kier alpha value is -1.18. The average molecular weight is 220 g/mol. The largest absolute Gasteiger partial charge is 0.398 e. The quantitative estimate of drug-likeness (QED) is 0.593. The molecule has 0 bridgehead atoms. The molecule has 0 saturated heterocycles. The fraction of sp³-hybridized carbons (Fsp3) is 0.100. The van der Waals surface area contributed by atoms with E-state index < -0.39 is 0 Å². The van der Waals surface area contributed by atoms with E-state index in [-0.39, 0.29) is 0 Å². The lowest BCUT2D eigenvalue weighted by Crippen LogP contribution is -1.90. The van der Waals surface area contributed by atoms with Crippen molar-refractivity contribution in [3.05, 3.63) is 23.1 Å². The summed E-state index contributed by atoms with van der Waals surface area (Å²) < 4.78 is 1.12. The molecule has 1 aromatic heterocycles. The number of hydrogen-bond donors (Lipinski definition) is 1. The molecule has 0 amide bonds. The number of thiophene rings is 1. The molecule has 0 unspecified atom stereocenters. The zero-order valence-corrected chi connectivity index (χ0v) is 9.21. The summed E-state index contributed by atoms with van der Waals surface area (Å²) in [5.74, 6) is 0. The van der Waals surface area contributed by atoms with Crippen LogP contribution in [0.4, 0.5) is 5.69 Å². The molecule has 2 aromatic rings. The van der Waals surface area contributed by atoms with Crippen LogP contribution in [0, 0.1) is 11.3 Å². The van der Waals surface area contributed by atoms with Crippen molar-refractivity contribution in [2.45, 2.75) is 4.90 Å². The number of nitriles is 1. The molecular weight excluding hydrogens is 212 g/mol. The predicted molar refractivity (Wildman–Crippen MR) is 62.7 cm³/mol. The summed E-state index contributed by atoms with van der Waals surface area (Å²) >= 11 is 3.26. The van der Waals surface area contributed by atoms with Gasteiger partial charge in [0.05, 0.1) is 16.3 Å². The molecule has 1 heterocycles. The van der Waals surface area contributed by atoms with Crippen molar-refractivity contribution in [1.82, 2.24) is 0 Å². The summed E-state index contributed by atoms with van der Waals surface area (Å²) in [6.07, 6.45) is 2.00. The number of thioether (sulfide) groups is 1. The molecule has 2 rings (SSSR count). The van der Waals surface area contributed by atoms with E-state index in [9.17, 15) is 0 Å². The number of nitrogen functional groups attached to an aromatic ring is 1. The van der Waals surface area contributed by atoms with Crippen LogP contribution in [0.1, 0.15) is 5.56 Å². The second kappa shape index (κ2) is 3.52. The molecule has 0 aliphatic rings. The minimum atomic E-state index is 0.663. The molecule has 0 atom stereocenters. The minimum absolute atomic E-state index is 0.663. The van der Waals surface area contributed by atoms with Crippen molar-refractivity contribution in [3.8, 4) is 6.07 Å². The summed E-state index contributed by atoms with van der Waals surface area (Å²) in [6.45, 7) is 0. The van der Waals surface area contributed by atoms with Crippen LogP contribution in [0.2, 0.25) is 0 Å². The highest BCUT2D eigenvalue weighted by Gasteiger charge is 2.10. The van der Waals surface area contributed by atoms with Gasteiger partial charge in [0.2, 0.25) is 0 Å². The number of hydrogen-bond acceptors (Lipinski definition) is 4. The van der Waals surface area contributed by atoms with Crippen molar-refractivity contribution >= 4 is 38.9 Å². The highest BCUT2D eigenvalue weighted by Crippen LogP contribution is 2.37. The Morgan fingerprint density at radius 1 is 1.57 bits per heavy atom. The Labute approximate surface area is 90.3 Å². The van der Waals surface area contributed by atoms with Gasteiger partial charge < -0.3 is 5.73 Å². The first-order valence-electron chi connectivity index (χ1n) is 4.01. The molecule has 0 spiro atoms. The lowest BCUT2D eigenvalue weighted by molar-refractivity contribution is 1.49. The van der Waals surface area contributed by atoms with E-state index in [0.717, 1.165) is 15.0 Å². The van der Waals surface area contributed by atoms with Crippen LogP contribution < -0.4 is 5.73 Å². The number of nitrogens with zero attached hydrogens (tertiary/aromatic N) is 1. The third-order valence-corrected chi connectivity index (χ3v) is 3.96. The minimum Gasteiger partial charge on any atom is -0.398 e. The molecule has 0 fully saturated rings. The first kappa shape index (κ1) is 9.38. The maximum Gasteiger partial charge on any atom is 0.0999 e. The van der Waals surface area contributed by atoms with Crippen LogP contribution in [-0.4, -0.2) is 6.26 Å². The standard InChI is InChI=1S/C10H8N2S2/c1-13-10-8(12)4-6(5-11)7-2-3-14-9(7)10/h2-4H,12H2,1H3. The molecule has 1 aromatic carbocycles. The predicted octanol–water partition coefficient (Wildman–Crippen LogP) is 3.08. The van der Waals surface area contributed by atoms with Gasteiger partial charge in [0.25, 0.3) is 0 Å². The van der Waals surface area contributed by atoms with Crippen LogP contribution in [-0.2, 0) is 0 Å². The Balaban J connectivity index is 2.90. The zero-order valence-electron chi connectivity index (χ0n) is 7.57. The van der Waals surface area contributed by atoms with Crippen LogP contribution in [0.25, 0.3) is 10.1 Å². The molecule has 0 radical (unpaired) electrons. The van der Waals surface area contributed by atoms with Gasteiger partial charge in [-0.2, -0.15) is 5.26 Å². The summed E-state index contributed by atoms with van der Waals surface area (Å²) in [6, 6.07) is 5.89. The number of benzene rings is 1. The topological polar surface area (TPSA) is 49.8 Å². The fourth-order valence-electron chi connectivity index (χ4n) is 1.43. The first-order chi connectivity index (χ1) is 6.77. The van der Waals surface area contributed by atoms with Crippen LogP contribution >= 0.6 is 23.1 Å². The Bertz CT molecular complexity index is 523. The molecule has 2 N–H and O–H groups in total. The maximum absolute atomic E-state index is 8.93. The van der Waals surface area contributed by atoms with Gasteiger partial charge >= 0.3 is 0 Å². The Kier molecular flexibility index (Phi) is 2.36. The van der Waals surface area contributed by atoms with Gasteiger partial charge in [-0.1, -0.05) is 0 Å². The number of nitrogens with two attached hydrogens (primary N) is 1. The van der Waals surface area contributed by atoms with Gasteiger partial charge in [-0.3, -0.25) is 0 Å². The van der Waals surface area contributed by atoms with Crippen LogP contribution in [0.5, 0.6) is 0 Å². The van der Waals surface area contributed by atoms with E-state index in [4.69, 9.17) is 11.0 Å². The summed E-state index contributed by atoms with van der Waals surface area (Å²) in [5, 5.41) is 11.9. The van der Waals surface area contributed by atoms with E-state index in [2.05, 4.69) is 6.07 Å². The summed E-state index contributed by atoms with van der Waals surface area (Å²) in [5.41, 5.74) is 7.23. The second-order valence-corrected chi connectivity index (χ2v) is 4.55. The SMILES string of the molecule is CSc1c(N)cc(C#N)c2ccsc12. The van der Waals surface area contributed by atoms with Gasteiger partial charge in [-0.15, -0.1) is 23.1 Å². The highest BCUT2D eigenvalue weighted by atomic mass is 32.2. The number of rotatable bonds is 1. The van der Waals surface area contributed by atoms with E-state index in [1.54, 1.807) is 29.2 Å². The highest BCUT2D eigenvalue weighted by molar-refractivity contribution is 7.99. The van der Waals surface area contributed by atoms with Gasteiger partial charge in [0, 0.05) is 16.0 Å². The van der Waals surface area contributed by atoms with Crippen LogP contribution in [0.15, 0.2) is 22.4 Å². The molecule has 0 aliphatic heterocycles. The van der Waals surface area contributed by atoms with Crippen molar-refractivity contribution in [2.24, 2.45) is 0 Å². The van der Waals surface area contributed by atoms with E-state index in [0.29, 0.717) is 11.3 Å². The zero-order chi connectivity index (χ0) is 10.1. The number of anilines is 1. The third kappa shape index (κ3) is 1.26. The van der Waals surface area contributed by atoms with E-state index in [1.165, 1.54) is 0 Å². The lowest BCUT2D eigenvalue weighted by atomic mass is 10.1. The van der Waals surface area contributed by atoms with E-state index >= 15 is 0 Å². The first-order valence-corrected chi connectivity index (χ1v) is 6.12. The van der Waals surface area contributed by atoms with Gasteiger partial charge in [0.1, 0.15) is 0 Å². The Morgan fingerprint density at radius 2 is 2.36 bits per heavy atom. The van der Waals surface area contributed by atoms with E-state index in [1.807, 2.05) is 17.7 Å². The van der Waals surface area contributed by atoms with Crippen LogP contribution in [0.3, 0.4) is 0 Å². The van der Waals surface area contributed by atoms with Crippen molar-refractivity contribution in [2.75, 3.05) is 12.0 Å². The molecular formula is C10H8N2S2. The molecule has 4 heteroatoms. The molecule has 14 heavy (non-hydrogen) atoms. The number of fused-ring (bicyclic) bond motifs is 1. The van der Waals surface area contributed by atoms with Crippen molar-refractivity contribution < 1.29 is 0 Å². The van der Waals surface area contributed by atoms with Crippen molar-refractivity contribution in [1.29, 1.82) is 5.26 Å². The summed E-state index contributed by atoms with van der Waals surface area (Å²) in [4.78, 5) is 1.08. The maximum atomic E-state index is 8.93. The lowest BCUT2D eigenvalue weighted by Gasteiger charge is -2.04. The molecule has 0 aliphatic carbocycles. The monoisotopic (exact) mass is 220 g/mol. The third-order valence-electron chi connectivity index (χ3n) is 2.05. The smallest absolute Gasteiger partial charge is 0.0999 e. The van der Waals surface area contributed by atoms with Gasteiger partial charge in [0.15, 0.2) is 0 Å².